The van der Waals surface area contributed by atoms with Crippen LogP contribution in [0.2, 0.25) is 5.28 Å². The average molecular weight is 229 g/mol. The van der Waals surface area contributed by atoms with Gasteiger partial charge in [0, 0.05) is 6.20 Å². The molecule has 0 saturated carbocycles. The zero-order chi connectivity index (χ0) is 10.9. The van der Waals surface area contributed by atoms with Crippen LogP contribution in [0, 0.1) is 0 Å². The van der Waals surface area contributed by atoms with Crippen molar-refractivity contribution in [1.82, 2.24) is 9.97 Å². The van der Waals surface area contributed by atoms with Gasteiger partial charge in [-0.2, -0.15) is 0 Å². The molecule has 0 aliphatic carbocycles. The molecule has 0 aromatic carbocycles. The number of methoxy groups -OCH3 is 1. The minimum absolute atomic E-state index is 0.114. The molecule has 6 heteroatoms. The summed E-state index contributed by atoms with van der Waals surface area (Å²) in [7, 11) is 1.34. The first-order valence-corrected chi connectivity index (χ1v) is 4.72. The summed E-state index contributed by atoms with van der Waals surface area (Å²) >= 11 is 5.66. The molecule has 0 radical (unpaired) electrons. The van der Waals surface area contributed by atoms with E-state index < -0.39 is 5.41 Å². The van der Waals surface area contributed by atoms with E-state index in [1.165, 1.54) is 13.3 Å². The van der Waals surface area contributed by atoms with Crippen molar-refractivity contribution in [2.75, 3.05) is 20.3 Å². The van der Waals surface area contributed by atoms with Crippen LogP contribution in [0.4, 0.5) is 0 Å². The van der Waals surface area contributed by atoms with Crippen molar-refractivity contribution in [3.05, 3.63) is 23.2 Å². The molecule has 1 aliphatic rings. The highest BCUT2D eigenvalue weighted by Gasteiger charge is 2.50. The van der Waals surface area contributed by atoms with Crippen LogP contribution in [-0.2, 0) is 19.7 Å². The number of rotatable bonds is 2. The summed E-state index contributed by atoms with van der Waals surface area (Å²) in [5, 5.41) is 0.114. The number of carbonyl (C=O) groups is 1. The van der Waals surface area contributed by atoms with Crippen LogP contribution in [-0.4, -0.2) is 36.3 Å². The SMILES string of the molecule is COC(=O)C1(c2ccnc(Cl)n2)COC1. The summed E-state index contributed by atoms with van der Waals surface area (Å²) in [6.07, 6.45) is 1.51. The lowest BCUT2D eigenvalue weighted by Crippen LogP contribution is -2.54. The first kappa shape index (κ1) is 10.3. The quantitative estimate of drug-likeness (QED) is 0.547. The van der Waals surface area contributed by atoms with Crippen molar-refractivity contribution >= 4 is 17.6 Å². The Morgan fingerprint density at radius 2 is 2.40 bits per heavy atom. The fourth-order valence-electron chi connectivity index (χ4n) is 1.47. The lowest BCUT2D eigenvalue weighted by Gasteiger charge is -2.37. The average Bonchev–Trinajstić information content (AvgIpc) is 2.16. The number of esters is 1. The Labute approximate surface area is 91.4 Å². The van der Waals surface area contributed by atoms with Gasteiger partial charge < -0.3 is 9.47 Å². The third-order valence-electron chi connectivity index (χ3n) is 2.39. The topological polar surface area (TPSA) is 61.3 Å². The maximum atomic E-state index is 11.6. The fraction of sp³-hybridized carbons (Fsp3) is 0.444. The number of hydrogen-bond acceptors (Lipinski definition) is 5. The minimum atomic E-state index is -0.804. The van der Waals surface area contributed by atoms with Crippen LogP contribution < -0.4 is 0 Å². The standard InChI is InChI=1S/C9H9ClN2O3/c1-14-7(13)9(4-15-5-9)6-2-3-11-8(10)12-6/h2-3H,4-5H2,1H3. The zero-order valence-electron chi connectivity index (χ0n) is 8.07. The molecule has 15 heavy (non-hydrogen) atoms. The number of carbonyl (C=O) groups excluding carboxylic acids is 1. The number of halogens is 1. The van der Waals surface area contributed by atoms with Gasteiger partial charge in [0.1, 0.15) is 0 Å². The zero-order valence-corrected chi connectivity index (χ0v) is 8.82. The van der Waals surface area contributed by atoms with Crippen molar-refractivity contribution < 1.29 is 14.3 Å². The van der Waals surface area contributed by atoms with Crippen LogP contribution >= 0.6 is 11.6 Å². The highest BCUT2D eigenvalue weighted by Crippen LogP contribution is 2.32. The Balaban J connectivity index is 2.38. The Morgan fingerprint density at radius 3 is 2.87 bits per heavy atom. The van der Waals surface area contributed by atoms with Gasteiger partial charge in [-0.05, 0) is 17.7 Å². The Hall–Kier alpha value is -1.20. The van der Waals surface area contributed by atoms with Crippen molar-refractivity contribution in [2.24, 2.45) is 0 Å². The molecule has 1 aromatic heterocycles. The Bertz CT molecular complexity index is 393. The highest BCUT2D eigenvalue weighted by atomic mass is 35.5. The number of ether oxygens (including phenoxy) is 2. The molecule has 0 N–H and O–H groups in total. The summed E-state index contributed by atoms with van der Waals surface area (Å²) in [5.41, 5.74) is -0.262. The predicted molar refractivity (Wildman–Crippen MR) is 51.6 cm³/mol. The van der Waals surface area contributed by atoms with Crippen LogP contribution in [0.5, 0.6) is 0 Å². The second-order valence-electron chi connectivity index (χ2n) is 3.28. The monoisotopic (exact) mass is 228 g/mol. The van der Waals surface area contributed by atoms with Crippen LogP contribution in [0.1, 0.15) is 5.69 Å². The lowest BCUT2D eigenvalue weighted by molar-refractivity contribution is -0.167. The van der Waals surface area contributed by atoms with Crippen molar-refractivity contribution in [3.63, 3.8) is 0 Å². The van der Waals surface area contributed by atoms with Gasteiger partial charge >= 0.3 is 5.97 Å². The van der Waals surface area contributed by atoms with E-state index in [9.17, 15) is 4.79 Å². The summed E-state index contributed by atoms with van der Waals surface area (Å²) in [6, 6.07) is 1.64. The van der Waals surface area contributed by atoms with Crippen molar-refractivity contribution in [2.45, 2.75) is 5.41 Å². The Kier molecular flexibility index (Phi) is 2.58. The van der Waals surface area contributed by atoms with Gasteiger partial charge in [-0.25, -0.2) is 9.97 Å². The number of hydrogen-bond donors (Lipinski definition) is 0. The first-order valence-electron chi connectivity index (χ1n) is 4.34. The smallest absolute Gasteiger partial charge is 0.322 e. The molecule has 0 amide bonds. The van der Waals surface area contributed by atoms with E-state index in [2.05, 4.69) is 9.97 Å². The molecular weight excluding hydrogens is 220 g/mol. The molecule has 80 valence electrons. The molecule has 1 saturated heterocycles. The third-order valence-corrected chi connectivity index (χ3v) is 2.57. The normalized spacial score (nSPS) is 18.0. The van der Waals surface area contributed by atoms with Crippen molar-refractivity contribution in [1.29, 1.82) is 0 Å². The lowest BCUT2D eigenvalue weighted by atomic mass is 9.82. The molecule has 0 bridgehead atoms. The van der Waals surface area contributed by atoms with Crippen LogP contribution in [0.25, 0.3) is 0 Å². The molecule has 2 heterocycles. The fourth-order valence-corrected chi connectivity index (χ4v) is 1.62. The van der Waals surface area contributed by atoms with Gasteiger partial charge in [-0.15, -0.1) is 0 Å². The molecule has 0 atom stereocenters. The maximum absolute atomic E-state index is 11.6. The van der Waals surface area contributed by atoms with E-state index in [0.717, 1.165) is 0 Å². The van der Waals surface area contributed by atoms with E-state index in [0.29, 0.717) is 5.69 Å². The molecular formula is C9H9ClN2O3. The van der Waals surface area contributed by atoms with Gasteiger partial charge in [0.05, 0.1) is 26.0 Å². The minimum Gasteiger partial charge on any atom is -0.468 e. The maximum Gasteiger partial charge on any atom is 0.322 e. The largest absolute Gasteiger partial charge is 0.468 e. The van der Waals surface area contributed by atoms with Gasteiger partial charge in [0.15, 0.2) is 5.41 Å². The summed E-state index contributed by atoms with van der Waals surface area (Å²) in [5.74, 6) is -0.358. The van der Waals surface area contributed by atoms with E-state index >= 15 is 0 Å². The molecule has 5 nitrogen and oxygen atoms in total. The first-order chi connectivity index (χ1) is 7.19. The van der Waals surface area contributed by atoms with E-state index in [-0.39, 0.29) is 24.5 Å². The van der Waals surface area contributed by atoms with Gasteiger partial charge in [0.25, 0.3) is 0 Å². The van der Waals surface area contributed by atoms with Crippen LogP contribution in [0.15, 0.2) is 12.3 Å². The molecule has 0 unspecified atom stereocenters. The highest BCUT2D eigenvalue weighted by molar-refractivity contribution is 6.28. The molecule has 2 rings (SSSR count). The van der Waals surface area contributed by atoms with Gasteiger partial charge in [0.2, 0.25) is 5.28 Å². The molecule has 1 aliphatic heterocycles. The molecule has 1 aromatic rings. The molecule has 0 spiro atoms. The van der Waals surface area contributed by atoms with Gasteiger partial charge in [-0.1, -0.05) is 0 Å². The third kappa shape index (κ3) is 1.57. The summed E-state index contributed by atoms with van der Waals surface area (Å²) < 4.78 is 9.78. The summed E-state index contributed by atoms with van der Waals surface area (Å²) in [6.45, 7) is 0.542. The predicted octanol–water partition coefficient (Wildman–Crippen LogP) is 0.571. The second kappa shape index (κ2) is 3.75. The van der Waals surface area contributed by atoms with Crippen molar-refractivity contribution in [3.8, 4) is 0 Å². The van der Waals surface area contributed by atoms with E-state index in [1.54, 1.807) is 6.07 Å². The number of aromatic nitrogens is 2. The molecule has 1 fully saturated rings. The second-order valence-corrected chi connectivity index (χ2v) is 3.62. The van der Waals surface area contributed by atoms with Gasteiger partial charge in [-0.3, -0.25) is 4.79 Å². The van der Waals surface area contributed by atoms with E-state index in [4.69, 9.17) is 21.1 Å². The Morgan fingerprint density at radius 1 is 1.67 bits per heavy atom. The van der Waals surface area contributed by atoms with E-state index in [1.807, 2.05) is 0 Å². The van der Waals surface area contributed by atoms with Crippen LogP contribution in [0.3, 0.4) is 0 Å². The number of nitrogens with zero attached hydrogens (tertiary/aromatic N) is 2. The summed E-state index contributed by atoms with van der Waals surface area (Å²) in [4.78, 5) is 19.4.